The summed E-state index contributed by atoms with van der Waals surface area (Å²) < 4.78 is 13.0. The van der Waals surface area contributed by atoms with Gasteiger partial charge in [0.25, 0.3) is 0 Å². The molecular formula is C16H23N3O2. The van der Waals surface area contributed by atoms with E-state index in [-0.39, 0.29) is 0 Å². The normalized spacial score (nSPS) is 19.8. The van der Waals surface area contributed by atoms with Crippen molar-refractivity contribution in [1.29, 1.82) is 0 Å². The predicted octanol–water partition coefficient (Wildman–Crippen LogP) is 3.09. The zero-order valence-electron chi connectivity index (χ0n) is 12.5. The maximum Gasteiger partial charge on any atom is 0.103 e. The number of rotatable bonds is 7. The van der Waals surface area contributed by atoms with E-state index in [1.54, 1.807) is 6.26 Å². The van der Waals surface area contributed by atoms with E-state index in [4.69, 9.17) is 9.15 Å². The van der Waals surface area contributed by atoms with Crippen LogP contribution in [0.15, 0.2) is 35.2 Å². The van der Waals surface area contributed by atoms with E-state index in [1.807, 2.05) is 23.0 Å². The standard InChI is InChI=1S/C16H23N3O2/c1-13(6-7-15-4-2-8-20-15)18-14-10-17-19(11-14)12-16-5-3-9-21-16/h2,4,8,10-11,13,16,18H,3,5-7,9,12H2,1H3. The maximum absolute atomic E-state index is 5.64. The molecule has 114 valence electrons. The van der Waals surface area contributed by atoms with Gasteiger partial charge >= 0.3 is 0 Å². The molecule has 3 rings (SSSR count). The summed E-state index contributed by atoms with van der Waals surface area (Å²) in [6.07, 6.45) is 10.3. The number of aromatic nitrogens is 2. The lowest BCUT2D eigenvalue weighted by Crippen LogP contribution is -2.16. The molecule has 0 amide bonds. The molecule has 2 atom stereocenters. The first-order valence-electron chi connectivity index (χ1n) is 7.72. The molecule has 2 unspecified atom stereocenters. The number of furan rings is 1. The number of nitrogens with zero attached hydrogens (tertiary/aromatic N) is 2. The van der Waals surface area contributed by atoms with Crippen LogP contribution >= 0.6 is 0 Å². The third-order valence-electron chi connectivity index (χ3n) is 3.86. The van der Waals surface area contributed by atoms with E-state index in [0.717, 1.165) is 43.9 Å². The third-order valence-corrected chi connectivity index (χ3v) is 3.86. The van der Waals surface area contributed by atoms with Crippen LogP contribution in [0.3, 0.4) is 0 Å². The highest BCUT2D eigenvalue weighted by Gasteiger charge is 2.16. The summed E-state index contributed by atoms with van der Waals surface area (Å²) >= 11 is 0. The Morgan fingerprint density at radius 2 is 2.48 bits per heavy atom. The highest BCUT2D eigenvalue weighted by molar-refractivity contribution is 5.39. The minimum Gasteiger partial charge on any atom is -0.469 e. The lowest BCUT2D eigenvalue weighted by Gasteiger charge is -2.12. The van der Waals surface area contributed by atoms with Crippen LogP contribution in [-0.2, 0) is 17.7 Å². The van der Waals surface area contributed by atoms with Gasteiger partial charge in [-0.25, -0.2) is 0 Å². The summed E-state index contributed by atoms with van der Waals surface area (Å²) in [5.41, 5.74) is 1.07. The molecular weight excluding hydrogens is 266 g/mol. The van der Waals surface area contributed by atoms with Gasteiger partial charge in [0.1, 0.15) is 5.76 Å². The van der Waals surface area contributed by atoms with E-state index in [0.29, 0.717) is 12.1 Å². The van der Waals surface area contributed by atoms with Gasteiger partial charge in [0, 0.05) is 25.3 Å². The van der Waals surface area contributed by atoms with Gasteiger partial charge in [0.15, 0.2) is 0 Å². The van der Waals surface area contributed by atoms with E-state index in [9.17, 15) is 0 Å². The van der Waals surface area contributed by atoms with Gasteiger partial charge in [-0.15, -0.1) is 0 Å². The predicted molar refractivity (Wildman–Crippen MR) is 81.3 cm³/mol. The fourth-order valence-electron chi connectivity index (χ4n) is 2.71. The van der Waals surface area contributed by atoms with Gasteiger partial charge in [0.2, 0.25) is 0 Å². The second-order valence-corrected chi connectivity index (χ2v) is 5.75. The van der Waals surface area contributed by atoms with Crippen LogP contribution in [0, 0.1) is 0 Å². The minimum atomic E-state index is 0.328. The Morgan fingerprint density at radius 1 is 1.52 bits per heavy atom. The molecule has 1 saturated heterocycles. The molecule has 21 heavy (non-hydrogen) atoms. The van der Waals surface area contributed by atoms with Crippen LogP contribution in [0.4, 0.5) is 5.69 Å². The molecule has 3 heterocycles. The van der Waals surface area contributed by atoms with Crippen molar-refractivity contribution in [3.05, 3.63) is 36.5 Å². The Morgan fingerprint density at radius 3 is 3.24 bits per heavy atom. The second-order valence-electron chi connectivity index (χ2n) is 5.75. The third kappa shape index (κ3) is 4.11. The number of aryl methyl sites for hydroxylation is 1. The first-order chi connectivity index (χ1) is 10.3. The van der Waals surface area contributed by atoms with Gasteiger partial charge in [-0.05, 0) is 38.3 Å². The van der Waals surface area contributed by atoms with E-state index >= 15 is 0 Å². The summed E-state index contributed by atoms with van der Waals surface area (Å²) in [6.45, 7) is 3.92. The minimum absolute atomic E-state index is 0.328. The first-order valence-corrected chi connectivity index (χ1v) is 7.72. The van der Waals surface area contributed by atoms with Crippen LogP contribution in [0.2, 0.25) is 0 Å². The number of nitrogens with one attached hydrogen (secondary N) is 1. The van der Waals surface area contributed by atoms with Gasteiger partial charge in [0.05, 0.1) is 30.8 Å². The lowest BCUT2D eigenvalue weighted by molar-refractivity contribution is 0.0940. The molecule has 5 nitrogen and oxygen atoms in total. The Labute approximate surface area is 125 Å². The number of ether oxygens (including phenoxy) is 1. The van der Waals surface area contributed by atoms with E-state index in [2.05, 4.69) is 23.5 Å². The zero-order valence-corrected chi connectivity index (χ0v) is 12.5. The fraction of sp³-hybridized carbons (Fsp3) is 0.562. The Kier molecular flexibility index (Phi) is 4.60. The van der Waals surface area contributed by atoms with Crippen LogP contribution in [0.25, 0.3) is 0 Å². The second kappa shape index (κ2) is 6.80. The van der Waals surface area contributed by atoms with Crippen molar-refractivity contribution >= 4 is 5.69 Å². The molecule has 0 radical (unpaired) electrons. The van der Waals surface area contributed by atoms with Crippen LogP contribution in [-0.4, -0.2) is 28.5 Å². The number of anilines is 1. The van der Waals surface area contributed by atoms with Crippen molar-refractivity contribution in [3.8, 4) is 0 Å². The molecule has 5 heteroatoms. The Balaban J connectivity index is 1.44. The van der Waals surface area contributed by atoms with Gasteiger partial charge in [-0.2, -0.15) is 5.10 Å². The molecule has 1 aliphatic heterocycles. The maximum atomic E-state index is 5.64. The average molecular weight is 289 g/mol. The van der Waals surface area contributed by atoms with Crippen LogP contribution in [0.1, 0.15) is 31.9 Å². The summed E-state index contributed by atoms with van der Waals surface area (Å²) in [4.78, 5) is 0. The molecule has 0 aliphatic carbocycles. The fourth-order valence-corrected chi connectivity index (χ4v) is 2.71. The molecule has 1 N–H and O–H groups in total. The van der Waals surface area contributed by atoms with Crippen molar-refractivity contribution in [3.63, 3.8) is 0 Å². The summed E-state index contributed by atoms with van der Waals surface area (Å²) in [5, 5.41) is 7.88. The average Bonchev–Trinajstić information content (AvgIpc) is 3.19. The monoisotopic (exact) mass is 289 g/mol. The molecule has 0 spiro atoms. The van der Waals surface area contributed by atoms with E-state index < -0.39 is 0 Å². The van der Waals surface area contributed by atoms with Gasteiger partial charge in [-0.3, -0.25) is 4.68 Å². The molecule has 0 saturated carbocycles. The van der Waals surface area contributed by atoms with Gasteiger partial charge < -0.3 is 14.5 Å². The Bertz CT molecular complexity index is 529. The number of hydrogen-bond acceptors (Lipinski definition) is 4. The van der Waals surface area contributed by atoms with Crippen LogP contribution < -0.4 is 5.32 Å². The van der Waals surface area contributed by atoms with Crippen molar-refractivity contribution < 1.29 is 9.15 Å². The molecule has 1 aliphatic rings. The molecule has 0 bridgehead atoms. The lowest BCUT2D eigenvalue weighted by atomic mass is 10.1. The SMILES string of the molecule is CC(CCc1ccco1)Nc1cnn(CC2CCCO2)c1. The quantitative estimate of drug-likeness (QED) is 0.851. The van der Waals surface area contributed by atoms with Gasteiger partial charge in [-0.1, -0.05) is 0 Å². The topological polar surface area (TPSA) is 52.2 Å². The summed E-state index contributed by atoms with van der Waals surface area (Å²) in [5.74, 6) is 1.04. The van der Waals surface area contributed by atoms with Crippen LogP contribution in [0.5, 0.6) is 0 Å². The molecule has 2 aromatic rings. The van der Waals surface area contributed by atoms with Crippen molar-refractivity contribution in [1.82, 2.24) is 9.78 Å². The largest absolute Gasteiger partial charge is 0.469 e. The zero-order chi connectivity index (χ0) is 14.5. The Hall–Kier alpha value is -1.75. The first kappa shape index (κ1) is 14.2. The molecule has 2 aromatic heterocycles. The highest BCUT2D eigenvalue weighted by atomic mass is 16.5. The molecule has 1 fully saturated rings. The summed E-state index contributed by atoms with van der Waals surface area (Å²) in [6, 6.07) is 4.34. The smallest absolute Gasteiger partial charge is 0.103 e. The van der Waals surface area contributed by atoms with Crippen molar-refractivity contribution in [2.24, 2.45) is 0 Å². The summed E-state index contributed by atoms with van der Waals surface area (Å²) in [7, 11) is 0. The molecule has 0 aromatic carbocycles. The van der Waals surface area contributed by atoms with Crippen molar-refractivity contribution in [2.45, 2.75) is 51.3 Å². The van der Waals surface area contributed by atoms with Crippen molar-refractivity contribution in [2.75, 3.05) is 11.9 Å². The number of hydrogen-bond donors (Lipinski definition) is 1. The van der Waals surface area contributed by atoms with E-state index in [1.165, 1.54) is 6.42 Å². The highest BCUT2D eigenvalue weighted by Crippen LogP contribution is 2.16.